The molecule has 3 N–H and O–H groups in total. The number of Topliss-reactive ketones (excluding diaryl/α,β-unsaturated/α-hetero) is 1. The summed E-state index contributed by atoms with van der Waals surface area (Å²) in [4.78, 5) is 27.3. The van der Waals surface area contributed by atoms with Gasteiger partial charge in [0.05, 0.1) is 44.6 Å². The van der Waals surface area contributed by atoms with Crippen LogP contribution in [0.3, 0.4) is 0 Å². The number of carbonyl (C=O) groups is 2. The molecule has 1 aliphatic heterocycles. The molecule has 1 fully saturated rings. The molecule has 1 unspecified atom stereocenters. The van der Waals surface area contributed by atoms with Crippen LogP contribution in [0.1, 0.15) is 31.0 Å². The Morgan fingerprint density at radius 3 is 2.35 bits per heavy atom. The highest BCUT2D eigenvalue weighted by Gasteiger charge is 2.46. The lowest BCUT2D eigenvalue weighted by molar-refractivity contribution is -0.140. The molecule has 1 amide bonds. The summed E-state index contributed by atoms with van der Waals surface area (Å²) < 4.78 is 16.2. The van der Waals surface area contributed by atoms with E-state index in [9.17, 15) is 19.8 Å². The Morgan fingerprint density at radius 2 is 1.71 bits per heavy atom. The van der Waals surface area contributed by atoms with Crippen molar-refractivity contribution in [1.29, 1.82) is 0 Å². The van der Waals surface area contributed by atoms with Crippen molar-refractivity contribution in [2.75, 3.05) is 39.6 Å². The molecule has 1 heterocycles. The second-order valence-electron chi connectivity index (χ2n) is 7.45. The van der Waals surface area contributed by atoms with Gasteiger partial charge >= 0.3 is 0 Å². The van der Waals surface area contributed by atoms with Crippen LogP contribution in [0.25, 0.3) is 5.76 Å². The number of rotatable bonds is 11. The number of ether oxygens (including phenoxy) is 3. The van der Waals surface area contributed by atoms with Gasteiger partial charge in [-0.2, -0.15) is 0 Å². The number of likely N-dealkylation sites (tertiary alicyclic amines) is 1. The molecule has 0 aromatic heterocycles. The average molecular weight is 472 g/mol. The molecule has 0 aliphatic carbocycles. The van der Waals surface area contributed by atoms with Crippen LogP contribution in [0.2, 0.25) is 0 Å². The Hall–Kier alpha value is -3.56. The smallest absolute Gasteiger partial charge is 0.295 e. The standard InChI is InChI=1S/C25H29NO8/c1-3-33-18-8-5-16(6-9-18)23(29)21-22(17-7-10-19(28)20(15-17)34-4-2)26(25(31)24(21)30)11-13-32-14-12-27/h5-10,15,22,27-29H,3-4,11-14H2,1-2H3. The Kier molecular flexibility index (Phi) is 8.50. The lowest BCUT2D eigenvalue weighted by Crippen LogP contribution is -2.33. The van der Waals surface area contributed by atoms with Crippen LogP contribution < -0.4 is 9.47 Å². The van der Waals surface area contributed by atoms with E-state index in [1.54, 1.807) is 43.3 Å². The first-order valence-electron chi connectivity index (χ1n) is 11.1. The number of aliphatic hydroxyl groups excluding tert-OH is 2. The number of aliphatic hydroxyl groups is 2. The highest BCUT2D eigenvalue weighted by atomic mass is 16.5. The van der Waals surface area contributed by atoms with E-state index in [2.05, 4.69) is 0 Å². The van der Waals surface area contributed by atoms with Gasteiger partial charge in [-0.25, -0.2) is 0 Å². The lowest BCUT2D eigenvalue weighted by Gasteiger charge is -2.25. The molecular weight excluding hydrogens is 442 g/mol. The Morgan fingerprint density at radius 1 is 1.00 bits per heavy atom. The fourth-order valence-corrected chi connectivity index (χ4v) is 3.79. The van der Waals surface area contributed by atoms with Gasteiger partial charge in [-0.1, -0.05) is 6.07 Å². The first-order valence-corrected chi connectivity index (χ1v) is 11.1. The Balaban J connectivity index is 2.08. The molecule has 1 aliphatic rings. The number of benzene rings is 2. The van der Waals surface area contributed by atoms with Crippen molar-refractivity contribution in [3.8, 4) is 17.2 Å². The van der Waals surface area contributed by atoms with Gasteiger partial charge < -0.3 is 34.4 Å². The van der Waals surface area contributed by atoms with Crippen molar-refractivity contribution in [3.05, 3.63) is 59.2 Å². The predicted molar refractivity (Wildman–Crippen MR) is 124 cm³/mol. The quantitative estimate of drug-likeness (QED) is 0.198. The zero-order valence-corrected chi connectivity index (χ0v) is 19.2. The minimum atomic E-state index is -0.927. The van der Waals surface area contributed by atoms with E-state index in [0.717, 1.165) is 0 Å². The number of nitrogens with zero attached hydrogens (tertiary/aromatic N) is 1. The van der Waals surface area contributed by atoms with Crippen LogP contribution >= 0.6 is 0 Å². The maximum absolute atomic E-state index is 13.1. The molecule has 0 radical (unpaired) electrons. The van der Waals surface area contributed by atoms with Gasteiger partial charge in [-0.15, -0.1) is 0 Å². The third-order valence-corrected chi connectivity index (χ3v) is 5.29. The van der Waals surface area contributed by atoms with Gasteiger partial charge in [0.25, 0.3) is 11.7 Å². The van der Waals surface area contributed by atoms with Gasteiger partial charge in [0, 0.05) is 12.1 Å². The van der Waals surface area contributed by atoms with E-state index in [1.165, 1.54) is 11.0 Å². The molecule has 2 aromatic carbocycles. The van der Waals surface area contributed by atoms with Crippen molar-refractivity contribution < 1.29 is 39.1 Å². The summed E-state index contributed by atoms with van der Waals surface area (Å²) in [6, 6.07) is 10.2. The van der Waals surface area contributed by atoms with Gasteiger partial charge in [0.15, 0.2) is 11.5 Å². The number of carbonyl (C=O) groups excluding carboxylic acids is 2. The van der Waals surface area contributed by atoms with Gasteiger partial charge in [0.2, 0.25) is 0 Å². The van der Waals surface area contributed by atoms with Crippen LogP contribution in [0.5, 0.6) is 17.2 Å². The molecule has 3 rings (SSSR count). The fourth-order valence-electron chi connectivity index (χ4n) is 3.79. The summed E-state index contributed by atoms with van der Waals surface area (Å²) in [5.41, 5.74) is 0.756. The minimum absolute atomic E-state index is 0.0557. The first kappa shape index (κ1) is 25.1. The van der Waals surface area contributed by atoms with Crippen LogP contribution in [0, 0.1) is 0 Å². The van der Waals surface area contributed by atoms with E-state index < -0.39 is 17.7 Å². The molecule has 1 atom stereocenters. The second-order valence-corrected chi connectivity index (χ2v) is 7.45. The van der Waals surface area contributed by atoms with Crippen molar-refractivity contribution in [2.45, 2.75) is 19.9 Å². The van der Waals surface area contributed by atoms with E-state index in [1.807, 2.05) is 6.92 Å². The average Bonchev–Trinajstić information content (AvgIpc) is 3.08. The van der Waals surface area contributed by atoms with E-state index in [-0.39, 0.29) is 49.2 Å². The van der Waals surface area contributed by atoms with Crippen molar-refractivity contribution >= 4 is 17.4 Å². The zero-order valence-electron chi connectivity index (χ0n) is 19.2. The molecule has 34 heavy (non-hydrogen) atoms. The summed E-state index contributed by atoms with van der Waals surface area (Å²) in [7, 11) is 0. The number of ketones is 1. The van der Waals surface area contributed by atoms with E-state index in [0.29, 0.717) is 30.1 Å². The molecular formula is C25H29NO8. The van der Waals surface area contributed by atoms with Crippen molar-refractivity contribution in [2.24, 2.45) is 0 Å². The third kappa shape index (κ3) is 5.32. The van der Waals surface area contributed by atoms with E-state index in [4.69, 9.17) is 19.3 Å². The fraction of sp³-hybridized carbons (Fsp3) is 0.360. The highest BCUT2D eigenvalue weighted by Crippen LogP contribution is 2.41. The molecule has 9 heteroatoms. The maximum atomic E-state index is 13.1. The van der Waals surface area contributed by atoms with Gasteiger partial charge in [-0.3, -0.25) is 9.59 Å². The van der Waals surface area contributed by atoms with Crippen LogP contribution in [-0.2, 0) is 14.3 Å². The number of amides is 1. The molecule has 9 nitrogen and oxygen atoms in total. The normalized spacial score (nSPS) is 17.3. The largest absolute Gasteiger partial charge is 0.507 e. The third-order valence-electron chi connectivity index (χ3n) is 5.29. The zero-order chi connectivity index (χ0) is 24.7. The van der Waals surface area contributed by atoms with Gasteiger partial charge in [-0.05, 0) is 55.8 Å². The monoisotopic (exact) mass is 471 g/mol. The van der Waals surface area contributed by atoms with E-state index >= 15 is 0 Å². The van der Waals surface area contributed by atoms with Crippen molar-refractivity contribution in [1.82, 2.24) is 4.90 Å². The van der Waals surface area contributed by atoms with Crippen LogP contribution in [0.4, 0.5) is 0 Å². The Bertz CT molecular complexity index is 1050. The minimum Gasteiger partial charge on any atom is -0.507 e. The topological polar surface area (TPSA) is 126 Å². The summed E-state index contributed by atoms with van der Waals surface area (Å²) in [6.07, 6.45) is 0. The number of phenolic OH excluding ortho intramolecular Hbond substituents is 1. The Labute approximate surface area is 197 Å². The molecule has 2 aromatic rings. The highest BCUT2D eigenvalue weighted by molar-refractivity contribution is 6.46. The summed E-state index contributed by atoms with van der Waals surface area (Å²) in [5.74, 6) is -1.21. The number of phenols is 1. The first-order chi connectivity index (χ1) is 16.4. The molecule has 0 saturated carbocycles. The maximum Gasteiger partial charge on any atom is 0.295 e. The second kappa shape index (κ2) is 11.5. The molecule has 0 spiro atoms. The lowest BCUT2D eigenvalue weighted by atomic mass is 9.95. The van der Waals surface area contributed by atoms with Crippen LogP contribution in [-0.4, -0.2) is 71.5 Å². The van der Waals surface area contributed by atoms with Crippen molar-refractivity contribution in [3.63, 3.8) is 0 Å². The molecule has 0 bridgehead atoms. The summed E-state index contributed by atoms with van der Waals surface area (Å²) in [5, 5.41) is 30.2. The number of aromatic hydroxyl groups is 1. The predicted octanol–water partition coefficient (Wildman–Crippen LogP) is 2.62. The summed E-state index contributed by atoms with van der Waals surface area (Å²) >= 11 is 0. The van der Waals surface area contributed by atoms with Crippen LogP contribution in [0.15, 0.2) is 48.0 Å². The van der Waals surface area contributed by atoms with Gasteiger partial charge in [0.1, 0.15) is 11.5 Å². The molecule has 1 saturated heterocycles. The summed E-state index contributed by atoms with van der Waals surface area (Å²) in [6.45, 7) is 4.47. The number of hydrogen-bond donors (Lipinski definition) is 3. The number of hydrogen-bond acceptors (Lipinski definition) is 8. The SMILES string of the molecule is CCOc1ccc(C(O)=C2C(=O)C(=O)N(CCOCCO)C2c2ccc(O)c(OCC)c2)cc1. The molecule has 182 valence electrons.